The Labute approximate surface area is 140 Å². The van der Waals surface area contributed by atoms with E-state index in [2.05, 4.69) is 21.9 Å². The number of nitrogens with one attached hydrogen (secondary N) is 2. The van der Waals surface area contributed by atoms with E-state index in [4.69, 9.17) is 22.2 Å². The first-order chi connectivity index (χ1) is 11.1. The molecule has 23 heavy (non-hydrogen) atoms. The van der Waals surface area contributed by atoms with E-state index in [1.54, 1.807) is 19.2 Å². The first kappa shape index (κ1) is 16.5. The second-order valence-electron chi connectivity index (χ2n) is 4.68. The summed E-state index contributed by atoms with van der Waals surface area (Å²) in [4.78, 5) is 0. The SMILES string of the molecule is COc1cccc(NC(=S)N/N=C(\C)c2ccc(C#N)cc2)c1. The Hall–Kier alpha value is -2.91. The molecule has 0 aliphatic rings. The monoisotopic (exact) mass is 324 g/mol. The van der Waals surface area contributed by atoms with Crippen molar-refractivity contribution in [2.75, 3.05) is 12.4 Å². The quantitative estimate of drug-likeness (QED) is 0.513. The number of nitriles is 1. The standard InChI is InChI=1S/C17H16N4OS/c1-12(14-8-6-13(11-18)7-9-14)20-21-17(23)19-15-4-3-5-16(10-15)22-2/h3-10H,1-2H3,(H2,19,21,23)/b20-12+. The van der Waals surface area contributed by atoms with Crippen molar-refractivity contribution < 1.29 is 4.74 Å². The van der Waals surface area contributed by atoms with Crippen LogP contribution in [0.25, 0.3) is 0 Å². The zero-order valence-corrected chi connectivity index (χ0v) is 13.6. The van der Waals surface area contributed by atoms with Gasteiger partial charge in [0.15, 0.2) is 5.11 Å². The molecule has 6 heteroatoms. The summed E-state index contributed by atoms with van der Waals surface area (Å²) in [6.45, 7) is 1.86. The van der Waals surface area contributed by atoms with Crippen molar-refractivity contribution >= 4 is 28.7 Å². The van der Waals surface area contributed by atoms with Gasteiger partial charge in [-0.25, -0.2) is 0 Å². The molecule has 0 heterocycles. The van der Waals surface area contributed by atoms with Crippen LogP contribution in [0.15, 0.2) is 53.6 Å². The highest BCUT2D eigenvalue weighted by Gasteiger charge is 2.01. The molecule has 2 N–H and O–H groups in total. The van der Waals surface area contributed by atoms with Crippen LogP contribution in [0.5, 0.6) is 5.75 Å². The van der Waals surface area contributed by atoms with Gasteiger partial charge in [-0.3, -0.25) is 5.43 Å². The Morgan fingerprint density at radius 3 is 2.61 bits per heavy atom. The van der Waals surface area contributed by atoms with Gasteiger partial charge < -0.3 is 10.1 Å². The van der Waals surface area contributed by atoms with Crippen LogP contribution in [0.3, 0.4) is 0 Å². The van der Waals surface area contributed by atoms with Crippen LogP contribution in [0.2, 0.25) is 0 Å². The van der Waals surface area contributed by atoms with Gasteiger partial charge in [0, 0.05) is 11.8 Å². The predicted octanol–water partition coefficient (Wildman–Crippen LogP) is 3.28. The number of hydrazone groups is 1. The second-order valence-corrected chi connectivity index (χ2v) is 5.09. The molecule has 0 radical (unpaired) electrons. The third-order valence-corrected chi connectivity index (χ3v) is 3.28. The highest BCUT2D eigenvalue weighted by atomic mass is 32.1. The minimum atomic E-state index is 0.381. The van der Waals surface area contributed by atoms with E-state index in [9.17, 15) is 0 Å². The topological polar surface area (TPSA) is 69.4 Å². The molecule has 0 aliphatic heterocycles. The minimum Gasteiger partial charge on any atom is -0.497 e. The van der Waals surface area contributed by atoms with Gasteiger partial charge in [0.25, 0.3) is 0 Å². The number of rotatable bonds is 4. The number of thiocarbonyl (C=S) groups is 1. The van der Waals surface area contributed by atoms with Gasteiger partial charge in [-0.2, -0.15) is 10.4 Å². The summed E-state index contributed by atoms with van der Waals surface area (Å²) >= 11 is 5.21. The van der Waals surface area contributed by atoms with Crippen molar-refractivity contribution in [3.05, 3.63) is 59.7 Å². The summed E-state index contributed by atoms with van der Waals surface area (Å²) in [7, 11) is 1.61. The Bertz CT molecular complexity index is 763. The molecule has 2 rings (SSSR count). The third-order valence-electron chi connectivity index (χ3n) is 3.08. The average Bonchev–Trinajstić information content (AvgIpc) is 2.60. The first-order valence-electron chi connectivity index (χ1n) is 6.88. The maximum atomic E-state index is 8.79. The van der Waals surface area contributed by atoms with Gasteiger partial charge in [-0.15, -0.1) is 0 Å². The van der Waals surface area contributed by atoms with Crippen molar-refractivity contribution in [3.8, 4) is 11.8 Å². The van der Waals surface area contributed by atoms with Gasteiger partial charge in [0.1, 0.15) is 5.75 Å². The maximum Gasteiger partial charge on any atom is 0.191 e. The van der Waals surface area contributed by atoms with Crippen molar-refractivity contribution in [3.63, 3.8) is 0 Å². The molecule has 0 unspecified atom stereocenters. The molecule has 0 saturated heterocycles. The van der Waals surface area contributed by atoms with Crippen LogP contribution >= 0.6 is 12.2 Å². The maximum absolute atomic E-state index is 8.79. The fourth-order valence-electron chi connectivity index (χ4n) is 1.85. The number of ether oxygens (including phenoxy) is 1. The number of hydrogen-bond donors (Lipinski definition) is 2. The van der Waals surface area contributed by atoms with Crippen LogP contribution in [0.1, 0.15) is 18.1 Å². The second kappa shape index (κ2) is 7.92. The van der Waals surface area contributed by atoms with E-state index in [0.29, 0.717) is 10.7 Å². The lowest BCUT2D eigenvalue weighted by Crippen LogP contribution is -2.24. The lowest BCUT2D eigenvalue weighted by Gasteiger charge is -2.09. The molecule has 0 saturated carbocycles. The molecule has 2 aromatic rings. The Morgan fingerprint density at radius 2 is 1.96 bits per heavy atom. The van der Waals surface area contributed by atoms with Crippen LogP contribution in [0.4, 0.5) is 5.69 Å². The van der Waals surface area contributed by atoms with Crippen molar-refractivity contribution in [1.82, 2.24) is 5.43 Å². The van der Waals surface area contributed by atoms with E-state index < -0.39 is 0 Å². The van der Waals surface area contributed by atoms with E-state index >= 15 is 0 Å². The first-order valence-corrected chi connectivity index (χ1v) is 7.29. The van der Waals surface area contributed by atoms with Gasteiger partial charge in [-0.05, 0) is 49.0 Å². The Morgan fingerprint density at radius 1 is 1.22 bits per heavy atom. The van der Waals surface area contributed by atoms with Crippen molar-refractivity contribution in [2.45, 2.75) is 6.92 Å². The molecular weight excluding hydrogens is 308 g/mol. The van der Waals surface area contributed by atoms with Gasteiger partial charge in [0.05, 0.1) is 24.5 Å². The lowest BCUT2D eigenvalue weighted by molar-refractivity contribution is 0.415. The molecular formula is C17H16N4OS. The third kappa shape index (κ3) is 4.80. The minimum absolute atomic E-state index is 0.381. The molecule has 0 fully saturated rings. The van der Waals surface area contributed by atoms with Crippen LogP contribution < -0.4 is 15.5 Å². The summed E-state index contributed by atoms with van der Waals surface area (Å²) in [6, 6.07) is 16.7. The van der Waals surface area contributed by atoms with E-state index in [0.717, 1.165) is 22.7 Å². The Balaban J connectivity index is 1.97. The van der Waals surface area contributed by atoms with E-state index in [1.165, 1.54) is 0 Å². The molecule has 0 amide bonds. The number of nitrogens with zero attached hydrogens (tertiary/aromatic N) is 2. The van der Waals surface area contributed by atoms with Crippen LogP contribution in [-0.4, -0.2) is 17.9 Å². The predicted molar refractivity (Wildman–Crippen MR) is 95.7 cm³/mol. The molecule has 2 aromatic carbocycles. The largest absolute Gasteiger partial charge is 0.497 e. The molecule has 5 nitrogen and oxygen atoms in total. The fourth-order valence-corrected chi connectivity index (χ4v) is 2.01. The van der Waals surface area contributed by atoms with Crippen LogP contribution in [0, 0.1) is 11.3 Å². The van der Waals surface area contributed by atoms with E-state index in [1.807, 2.05) is 43.3 Å². The zero-order chi connectivity index (χ0) is 16.7. The van der Waals surface area contributed by atoms with Crippen molar-refractivity contribution in [1.29, 1.82) is 5.26 Å². The highest BCUT2D eigenvalue weighted by Crippen LogP contribution is 2.16. The molecule has 0 aromatic heterocycles. The number of methoxy groups -OCH3 is 1. The smallest absolute Gasteiger partial charge is 0.191 e. The Kier molecular flexibility index (Phi) is 5.67. The van der Waals surface area contributed by atoms with Crippen molar-refractivity contribution in [2.24, 2.45) is 5.10 Å². The summed E-state index contributed by atoms with van der Waals surface area (Å²) in [5.74, 6) is 0.745. The summed E-state index contributed by atoms with van der Waals surface area (Å²) in [6.07, 6.45) is 0. The average molecular weight is 324 g/mol. The van der Waals surface area contributed by atoms with E-state index in [-0.39, 0.29) is 0 Å². The summed E-state index contributed by atoms with van der Waals surface area (Å²) in [5.41, 5.74) is 5.91. The number of anilines is 1. The molecule has 0 atom stereocenters. The molecule has 0 spiro atoms. The van der Waals surface area contributed by atoms with Crippen LogP contribution in [-0.2, 0) is 0 Å². The lowest BCUT2D eigenvalue weighted by atomic mass is 10.1. The van der Waals surface area contributed by atoms with Gasteiger partial charge in [0.2, 0.25) is 0 Å². The normalized spacial score (nSPS) is 10.6. The van der Waals surface area contributed by atoms with Gasteiger partial charge in [-0.1, -0.05) is 18.2 Å². The highest BCUT2D eigenvalue weighted by molar-refractivity contribution is 7.80. The van der Waals surface area contributed by atoms with Gasteiger partial charge >= 0.3 is 0 Å². The zero-order valence-electron chi connectivity index (χ0n) is 12.8. The number of hydrogen-bond acceptors (Lipinski definition) is 4. The molecule has 116 valence electrons. The molecule has 0 bridgehead atoms. The summed E-state index contributed by atoms with van der Waals surface area (Å²) < 4.78 is 5.16. The fraction of sp³-hybridized carbons (Fsp3) is 0.118. The number of benzene rings is 2. The summed E-state index contributed by atoms with van der Waals surface area (Å²) in [5, 5.41) is 16.4. The molecule has 0 aliphatic carbocycles.